The van der Waals surface area contributed by atoms with Crippen LogP contribution in [0, 0.1) is 0 Å². The normalized spacial score (nSPS) is 15.8. The number of alkyl halides is 2. The number of fused-ring (bicyclic) bond motifs is 1. The molecule has 4 rings (SSSR count). The quantitative estimate of drug-likeness (QED) is 0.214. The number of halogens is 3. The molecule has 0 radical (unpaired) electrons. The highest BCUT2D eigenvalue weighted by atomic mass is 127. The van der Waals surface area contributed by atoms with Crippen molar-refractivity contribution in [3.8, 4) is 11.3 Å². The molecule has 0 fully saturated rings. The van der Waals surface area contributed by atoms with Gasteiger partial charge in [0.25, 0.3) is 6.43 Å². The van der Waals surface area contributed by atoms with Gasteiger partial charge in [-0.2, -0.15) is 0 Å². The topological polar surface area (TPSA) is 84.0 Å². The zero-order valence-electron chi connectivity index (χ0n) is 16.0. The number of anilines is 5. The molecular formula is C18H19F2IN7PS. The van der Waals surface area contributed by atoms with Crippen molar-refractivity contribution in [3.63, 3.8) is 0 Å². The second-order valence-corrected chi connectivity index (χ2v) is 9.58. The predicted octanol–water partition coefficient (Wildman–Crippen LogP) is 5.30. The number of imidazole rings is 1. The van der Waals surface area contributed by atoms with Gasteiger partial charge in [0, 0.05) is 36.1 Å². The lowest BCUT2D eigenvalue weighted by atomic mass is 10.1. The number of aryl methyl sites for hydroxylation is 1. The Bertz CT molecular complexity index is 1080. The molecule has 1 aliphatic heterocycles. The van der Waals surface area contributed by atoms with Crippen molar-refractivity contribution >= 4 is 68.9 Å². The summed E-state index contributed by atoms with van der Waals surface area (Å²) in [6, 6.07) is 7.64. The molecule has 0 aliphatic carbocycles. The van der Waals surface area contributed by atoms with Crippen LogP contribution >= 0.6 is 40.2 Å². The van der Waals surface area contributed by atoms with Crippen molar-refractivity contribution in [3.05, 3.63) is 36.8 Å². The Morgan fingerprint density at radius 3 is 2.77 bits per heavy atom. The minimum absolute atomic E-state index is 0.0960. The molecule has 2 atom stereocenters. The van der Waals surface area contributed by atoms with Gasteiger partial charge in [0.05, 0.1) is 23.4 Å². The van der Waals surface area contributed by atoms with Crippen molar-refractivity contribution < 1.29 is 8.78 Å². The van der Waals surface area contributed by atoms with Gasteiger partial charge >= 0.3 is 0 Å². The Kier molecular flexibility index (Phi) is 6.21. The molecule has 0 saturated carbocycles. The molecular weight excluding hydrogens is 542 g/mol. The molecule has 2 unspecified atom stereocenters. The van der Waals surface area contributed by atoms with E-state index in [-0.39, 0.29) is 12.2 Å². The molecule has 12 heteroatoms. The second kappa shape index (κ2) is 8.72. The van der Waals surface area contributed by atoms with Crippen LogP contribution in [0.15, 0.2) is 41.7 Å². The van der Waals surface area contributed by atoms with Crippen LogP contribution in [0.2, 0.25) is 0 Å². The molecule has 30 heavy (non-hydrogen) atoms. The van der Waals surface area contributed by atoms with Crippen LogP contribution in [0.5, 0.6) is 0 Å². The smallest absolute Gasteiger partial charge is 0.277 e. The van der Waals surface area contributed by atoms with Crippen LogP contribution in [0.4, 0.5) is 37.5 Å². The largest absolute Gasteiger partial charge is 0.384 e. The van der Waals surface area contributed by atoms with Crippen LogP contribution < -0.4 is 21.0 Å². The maximum atomic E-state index is 13.5. The number of pyridine rings is 1. The molecule has 3 aromatic rings. The first kappa shape index (κ1) is 21.4. The highest BCUT2D eigenvalue weighted by Crippen LogP contribution is 2.49. The Morgan fingerprint density at radius 2 is 2.13 bits per heavy atom. The van der Waals surface area contributed by atoms with Crippen molar-refractivity contribution in [1.29, 1.82) is 0 Å². The zero-order chi connectivity index (χ0) is 21.4. The van der Waals surface area contributed by atoms with Gasteiger partial charge in [-0.3, -0.25) is 0 Å². The molecule has 0 bridgehead atoms. The molecule has 1 aliphatic rings. The van der Waals surface area contributed by atoms with Crippen molar-refractivity contribution in [2.45, 2.75) is 17.5 Å². The molecule has 4 N–H and O–H groups in total. The molecule has 0 saturated heterocycles. The number of hydrogen-bond acceptors (Lipinski definition) is 7. The van der Waals surface area contributed by atoms with Gasteiger partial charge in [-0.25, -0.2) is 18.7 Å². The molecule has 0 spiro atoms. The van der Waals surface area contributed by atoms with Crippen LogP contribution in [-0.2, 0) is 7.05 Å². The average Bonchev–Trinajstić information content (AvgIpc) is 3.31. The number of hydrogen-bond donors (Lipinski definition) is 3. The van der Waals surface area contributed by atoms with Crippen molar-refractivity contribution in [2.75, 3.05) is 27.3 Å². The van der Waals surface area contributed by atoms with E-state index >= 15 is 0 Å². The Hall–Kier alpha value is -1.85. The van der Waals surface area contributed by atoms with Gasteiger partial charge in [-0.1, -0.05) is 6.07 Å². The average molecular weight is 561 g/mol. The SMILES string of the molecule is CSc1cc(-c2cn(C)cn2)ccc1Nc1cc(N)nc2c1NC(C(F)F)N2PI. The third-order valence-electron chi connectivity index (χ3n) is 4.62. The minimum Gasteiger partial charge on any atom is -0.384 e. The van der Waals surface area contributed by atoms with E-state index in [1.807, 2.05) is 42.3 Å². The third kappa shape index (κ3) is 4.02. The first-order valence-electron chi connectivity index (χ1n) is 8.85. The Labute approximate surface area is 191 Å². The highest BCUT2D eigenvalue weighted by molar-refractivity contribution is 14.2. The van der Waals surface area contributed by atoms with E-state index in [1.54, 1.807) is 28.8 Å². The van der Waals surface area contributed by atoms with Gasteiger partial charge in [0.15, 0.2) is 12.0 Å². The third-order valence-corrected chi connectivity index (χ3v) is 7.63. The summed E-state index contributed by atoms with van der Waals surface area (Å²) < 4.78 is 30.5. The van der Waals surface area contributed by atoms with Crippen LogP contribution in [-0.4, -0.2) is 33.4 Å². The number of nitrogens with two attached hydrogens (primary N) is 1. The van der Waals surface area contributed by atoms with Gasteiger partial charge in [-0.15, -0.1) is 11.8 Å². The summed E-state index contributed by atoms with van der Waals surface area (Å²) in [5, 5.41) is 6.26. The molecule has 0 amide bonds. The maximum absolute atomic E-state index is 13.5. The number of nitrogens with one attached hydrogen (secondary N) is 2. The first-order valence-corrected chi connectivity index (χ1v) is 14.1. The lowest BCUT2D eigenvalue weighted by molar-refractivity contribution is 0.130. The molecule has 1 aromatic carbocycles. The van der Waals surface area contributed by atoms with Crippen molar-refractivity contribution in [1.82, 2.24) is 14.5 Å². The number of thioether (sulfide) groups is 1. The number of nitrogen functional groups attached to an aromatic ring is 1. The van der Waals surface area contributed by atoms with Gasteiger partial charge in [-0.05, 0) is 40.4 Å². The fraction of sp³-hybridized carbons (Fsp3) is 0.222. The summed E-state index contributed by atoms with van der Waals surface area (Å²) in [6.07, 6.45) is 2.10. The standard InChI is InChI=1S/C18H19F2IN7PS/c1-27-7-12(23-8-27)9-3-4-10(13(5-9)30-2)24-11-6-14(22)25-17-15(11)26-18(16(19)20)28(17)29-21/h3-8,16,18,26,29H,1-2H3,(H3,22,24,25). The number of rotatable bonds is 6. The van der Waals surface area contributed by atoms with Gasteiger partial charge < -0.3 is 25.6 Å². The van der Waals surface area contributed by atoms with E-state index in [9.17, 15) is 8.78 Å². The molecule has 2 aromatic heterocycles. The minimum atomic E-state index is -2.56. The van der Waals surface area contributed by atoms with Gasteiger partial charge in [0.1, 0.15) is 11.5 Å². The van der Waals surface area contributed by atoms with E-state index in [4.69, 9.17) is 5.73 Å². The van der Waals surface area contributed by atoms with Gasteiger partial charge in [0.2, 0.25) is 0 Å². The zero-order valence-corrected chi connectivity index (χ0v) is 20.0. The molecule has 158 valence electrons. The lowest BCUT2D eigenvalue weighted by Crippen LogP contribution is -2.35. The highest BCUT2D eigenvalue weighted by Gasteiger charge is 2.37. The summed E-state index contributed by atoms with van der Waals surface area (Å²) in [5.74, 6) is 0.703. The summed E-state index contributed by atoms with van der Waals surface area (Å²) in [6.45, 7) is 0. The second-order valence-electron chi connectivity index (χ2n) is 6.64. The molecule has 7 nitrogen and oxygen atoms in total. The van der Waals surface area contributed by atoms with E-state index in [2.05, 4.69) is 42.6 Å². The predicted molar refractivity (Wildman–Crippen MR) is 131 cm³/mol. The van der Waals surface area contributed by atoms with Crippen molar-refractivity contribution in [2.24, 2.45) is 7.05 Å². The molecule has 3 heterocycles. The first-order chi connectivity index (χ1) is 14.4. The fourth-order valence-electron chi connectivity index (χ4n) is 3.24. The number of benzene rings is 1. The number of nitrogens with zero attached hydrogens (tertiary/aromatic N) is 4. The van der Waals surface area contributed by atoms with E-state index < -0.39 is 12.6 Å². The maximum Gasteiger partial charge on any atom is 0.277 e. The summed E-state index contributed by atoms with van der Waals surface area (Å²) in [5.41, 5.74) is 9.86. The van der Waals surface area contributed by atoms with Crippen LogP contribution in [0.25, 0.3) is 11.3 Å². The van der Waals surface area contributed by atoms with E-state index in [0.717, 1.165) is 21.8 Å². The Balaban J connectivity index is 1.70. The summed E-state index contributed by atoms with van der Waals surface area (Å²) >= 11 is 3.66. The van der Waals surface area contributed by atoms with Crippen LogP contribution in [0.1, 0.15) is 0 Å². The monoisotopic (exact) mass is 561 g/mol. The van der Waals surface area contributed by atoms with E-state index in [0.29, 0.717) is 17.2 Å². The lowest BCUT2D eigenvalue weighted by Gasteiger charge is -2.22. The van der Waals surface area contributed by atoms with Crippen LogP contribution in [0.3, 0.4) is 0 Å². The summed E-state index contributed by atoms with van der Waals surface area (Å²) in [7, 11) is 1.93. The summed E-state index contributed by atoms with van der Waals surface area (Å²) in [4.78, 5) is 9.69. The van der Waals surface area contributed by atoms with E-state index in [1.165, 1.54) is 0 Å². The fourth-order valence-corrected chi connectivity index (χ4v) is 5.93. The number of aromatic nitrogens is 3. The Morgan fingerprint density at radius 1 is 1.33 bits per heavy atom.